The van der Waals surface area contributed by atoms with E-state index in [4.69, 9.17) is 9.05 Å². The van der Waals surface area contributed by atoms with E-state index in [0.29, 0.717) is 23.9 Å². The fourth-order valence-electron chi connectivity index (χ4n) is 4.45. The number of nitrogens with one attached hydrogen (secondary N) is 1. The molecule has 0 aromatic carbocycles. The van der Waals surface area contributed by atoms with Crippen molar-refractivity contribution >= 4 is 13.7 Å². The monoisotopic (exact) mass is 578 g/mol. The van der Waals surface area contributed by atoms with E-state index in [1.807, 2.05) is 21.1 Å². The molecule has 234 valence electrons. The number of rotatable bonds is 28. The second-order valence-electron chi connectivity index (χ2n) is 12.2. The number of phosphoric ester groups is 1. The molecule has 0 aliphatic rings. The number of aliphatic hydroxyl groups is 1. The SMILES string of the molecule is CCCCCCCCCCCCCCCCC(=O)NC(COP(=O)([O-])OCC[N+](C)(C)C)C(O)CCCCC. The number of phosphoric acid groups is 1. The molecule has 3 unspecified atom stereocenters. The molecule has 0 aliphatic heterocycles. The minimum absolute atomic E-state index is 0.0134. The summed E-state index contributed by atoms with van der Waals surface area (Å²) in [5.41, 5.74) is 0. The smallest absolute Gasteiger partial charge is 0.268 e. The first-order chi connectivity index (χ1) is 18.5. The maximum Gasteiger partial charge on any atom is 0.268 e. The zero-order valence-electron chi connectivity index (χ0n) is 26.1. The van der Waals surface area contributed by atoms with E-state index in [1.54, 1.807) is 0 Å². The van der Waals surface area contributed by atoms with Gasteiger partial charge in [-0.2, -0.15) is 0 Å². The lowest BCUT2D eigenvalue weighted by atomic mass is 10.0. The molecule has 0 aromatic heterocycles. The predicted octanol–water partition coefficient (Wildman–Crippen LogP) is 6.49. The van der Waals surface area contributed by atoms with Gasteiger partial charge >= 0.3 is 0 Å². The van der Waals surface area contributed by atoms with E-state index in [1.165, 1.54) is 70.6 Å². The zero-order valence-corrected chi connectivity index (χ0v) is 27.0. The fraction of sp³-hybridized carbons (Fsp3) is 0.967. The highest BCUT2D eigenvalue weighted by molar-refractivity contribution is 7.45. The van der Waals surface area contributed by atoms with Crippen LogP contribution < -0.4 is 10.2 Å². The van der Waals surface area contributed by atoms with Gasteiger partial charge in [0, 0.05) is 6.42 Å². The molecule has 0 bridgehead atoms. The minimum Gasteiger partial charge on any atom is -0.756 e. The third kappa shape index (κ3) is 26.2. The van der Waals surface area contributed by atoms with Crippen LogP contribution >= 0.6 is 7.82 Å². The number of amides is 1. The first-order valence-corrected chi connectivity index (χ1v) is 17.3. The highest BCUT2D eigenvalue weighted by Gasteiger charge is 2.24. The first-order valence-electron chi connectivity index (χ1n) is 15.9. The normalized spacial score (nSPS) is 15.2. The van der Waals surface area contributed by atoms with Crippen LogP contribution in [0.4, 0.5) is 0 Å². The van der Waals surface area contributed by atoms with Gasteiger partial charge in [0.1, 0.15) is 13.2 Å². The average Bonchev–Trinajstić information content (AvgIpc) is 2.85. The molecule has 0 rings (SSSR count). The number of hydrogen-bond acceptors (Lipinski definition) is 6. The number of likely N-dealkylation sites (N-methyl/N-ethyl adjacent to an activating group) is 1. The summed E-state index contributed by atoms with van der Waals surface area (Å²) in [7, 11) is 1.30. The molecule has 3 atom stereocenters. The molecule has 0 aromatic rings. The molecule has 9 heteroatoms. The second-order valence-corrected chi connectivity index (χ2v) is 13.6. The fourth-order valence-corrected chi connectivity index (χ4v) is 5.17. The average molecular weight is 579 g/mol. The molecule has 0 saturated carbocycles. The zero-order chi connectivity index (χ0) is 29.4. The van der Waals surface area contributed by atoms with Crippen molar-refractivity contribution in [3.05, 3.63) is 0 Å². The summed E-state index contributed by atoms with van der Waals surface area (Å²) in [5, 5.41) is 13.4. The van der Waals surface area contributed by atoms with E-state index >= 15 is 0 Å². The topological polar surface area (TPSA) is 108 Å². The summed E-state index contributed by atoms with van der Waals surface area (Å²) in [4.78, 5) is 24.7. The minimum atomic E-state index is -4.52. The number of carbonyl (C=O) groups is 1. The number of hydrogen-bond donors (Lipinski definition) is 2. The molecule has 0 radical (unpaired) electrons. The number of nitrogens with zero attached hydrogens (tertiary/aromatic N) is 1. The Morgan fingerprint density at radius 1 is 0.795 bits per heavy atom. The Hall–Kier alpha value is -0.500. The quantitative estimate of drug-likeness (QED) is 0.0624. The Morgan fingerprint density at radius 2 is 1.26 bits per heavy atom. The molecule has 0 saturated heterocycles. The molecule has 8 nitrogen and oxygen atoms in total. The van der Waals surface area contributed by atoms with Gasteiger partial charge < -0.3 is 28.8 Å². The third-order valence-corrected chi connectivity index (χ3v) is 8.06. The Bertz CT molecular complexity index is 629. The molecule has 0 fully saturated rings. The molecule has 0 spiro atoms. The first kappa shape index (κ1) is 38.5. The molecule has 0 aliphatic carbocycles. The summed E-state index contributed by atoms with van der Waals surface area (Å²) in [6.45, 7) is 4.52. The second kappa shape index (κ2) is 24.1. The summed E-state index contributed by atoms with van der Waals surface area (Å²) in [6, 6.07) is -0.787. The van der Waals surface area contributed by atoms with E-state index in [9.17, 15) is 19.4 Å². The maximum atomic E-state index is 12.6. The van der Waals surface area contributed by atoms with Crippen molar-refractivity contribution in [1.29, 1.82) is 0 Å². The number of carbonyl (C=O) groups excluding carboxylic acids is 1. The standard InChI is InChI=1S/C30H63N2O6P/c1-6-8-10-11-12-13-14-15-16-17-18-19-20-22-24-30(34)31-28(29(33)23-21-9-7-2)27-38-39(35,36)37-26-25-32(3,4)5/h28-29,33H,6-27H2,1-5H3,(H-,31,34,35,36). The van der Waals surface area contributed by atoms with Crippen LogP contribution in [-0.2, 0) is 18.4 Å². The van der Waals surface area contributed by atoms with Crippen molar-refractivity contribution in [1.82, 2.24) is 5.32 Å². The van der Waals surface area contributed by atoms with Crippen LogP contribution in [-0.4, -0.2) is 68.5 Å². The van der Waals surface area contributed by atoms with Crippen molar-refractivity contribution in [3.63, 3.8) is 0 Å². The van der Waals surface area contributed by atoms with E-state index in [-0.39, 0.29) is 19.1 Å². The van der Waals surface area contributed by atoms with E-state index in [0.717, 1.165) is 38.5 Å². The van der Waals surface area contributed by atoms with Crippen LogP contribution in [0.2, 0.25) is 0 Å². The van der Waals surface area contributed by atoms with Gasteiger partial charge in [-0.1, -0.05) is 117 Å². The summed E-state index contributed by atoms with van der Waals surface area (Å²) in [5.74, 6) is -0.177. The summed E-state index contributed by atoms with van der Waals surface area (Å²) in [6.07, 6.45) is 20.3. The Morgan fingerprint density at radius 3 is 1.74 bits per heavy atom. The molecular formula is C30H63N2O6P. The van der Waals surface area contributed by atoms with Crippen LogP contribution in [0.3, 0.4) is 0 Å². The van der Waals surface area contributed by atoms with Crippen molar-refractivity contribution in [2.75, 3.05) is 40.9 Å². The van der Waals surface area contributed by atoms with Crippen molar-refractivity contribution < 1.29 is 32.9 Å². The Labute approximate surface area is 240 Å². The third-order valence-electron chi connectivity index (χ3n) is 7.10. The van der Waals surface area contributed by atoms with Gasteiger partial charge in [0.05, 0.1) is 39.9 Å². The Balaban J connectivity index is 4.23. The van der Waals surface area contributed by atoms with Gasteiger partial charge in [-0.15, -0.1) is 0 Å². The largest absolute Gasteiger partial charge is 0.756 e. The lowest BCUT2D eigenvalue weighted by molar-refractivity contribution is -0.870. The summed E-state index contributed by atoms with van der Waals surface area (Å²) >= 11 is 0. The van der Waals surface area contributed by atoms with Gasteiger partial charge in [0.15, 0.2) is 0 Å². The highest BCUT2D eigenvalue weighted by atomic mass is 31.2. The van der Waals surface area contributed by atoms with Gasteiger partial charge in [-0.3, -0.25) is 9.36 Å². The maximum absolute atomic E-state index is 12.6. The molecule has 2 N–H and O–H groups in total. The van der Waals surface area contributed by atoms with Crippen LogP contribution in [0.1, 0.15) is 136 Å². The lowest BCUT2D eigenvalue weighted by Gasteiger charge is -2.30. The van der Waals surface area contributed by atoms with Crippen LogP contribution in [0.5, 0.6) is 0 Å². The lowest BCUT2D eigenvalue weighted by Crippen LogP contribution is -2.46. The van der Waals surface area contributed by atoms with E-state index < -0.39 is 20.0 Å². The number of quaternary nitrogens is 1. The molecular weight excluding hydrogens is 515 g/mol. The van der Waals surface area contributed by atoms with Crippen molar-refractivity contribution in [2.45, 2.75) is 148 Å². The van der Waals surface area contributed by atoms with Crippen molar-refractivity contribution in [3.8, 4) is 0 Å². The molecule has 1 amide bonds. The van der Waals surface area contributed by atoms with E-state index in [2.05, 4.69) is 19.2 Å². The molecule has 0 heterocycles. The van der Waals surface area contributed by atoms with Gasteiger partial charge in [0.2, 0.25) is 5.91 Å². The van der Waals surface area contributed by atoms with Gasteiger partial charge in [0.25, 0.3) is 7.82 Å². The van der Waals surface area contributed by atoms with Crippen LogP contribution in [0, 0.1) is 0 Å². The van der Waals surface area contributed by atoms with Crippen molar-refractivity contribution in [2.24, 2.45) is 0 Å². The highest BCUT2D eigenvalue weighted by Crippen LogP contribution is 2.38. The molecule has 39 heavy (non-hydrogen) atoms. The van der Waals surface area contributed by atoms with Crippen LogP contribution in [0.25, 0.3) is 0 Å². The van der Waals surface area contributed by atoms with Gasteiger partial charge in [-0.25, -0.2) is 0 Å². The summed E-state index contributed by atoms with van der Waals surface area (Å²) < 4.78 is 22.8. The van der Waals surface area contributed by atoms with Gasteiger partial charge in [-0.05, 0) is 12.8 Å². The predicted molar refractivity (Wildman–Crippen MR) is 159 cm³/mol. The number of aliphatic hydroxyl groups excluding tert-OH is 1. The van der Waals surface area contributed by atoms with Crippen LogP contribution in [0.15, 0.2) is 0 Å². The number of unbranched alkanes of at least 4 members (excludes halogenated alkanes) is 15. The Kier molecular flexibility index (Phi) is 23.8.